The third-order valence-electron chi connectivity index (χ3n) is 7.85. The lowest BCUT2D eigenvalue weighted by Crippen LogP contribution is -2.48. The number of anilines is 1. The molecule has 0 aromatic carbocycles. The first-order valence-electron chi connectivity index (χ1n) is 11.7. The van der Waals surface area contributed by atoms with Crippen LogP contribution in [-0.2, 0) is 0 Å². The number of alkyl halides is 2. The number of halogens is 2. The molecule has 2 unspecified atom stereocenters. The number of pyridine rings is 1. The zero-order chi connectivity index (χ0) is 22.0. The monoisotopic (exact) mass is 444 g/mol. The van der Waals surface area contributed by atoms with Crippen molar-refractivity contribution in [1.29, 1.82) is 0 Å². The van der Waals surface area contributed by atoms with Crippen LogP contribution in [0.25, 0.3) is 11.3 Å². The van der Waals surface area contributed by atoms with Crippen molar-refractivity contribution >= 4 is 5.82 Å². The van der Waals surface area contributed by atoms with Gasteiger partial charge in [-0.15, -0.1) is 0 Å². The highest BCUT2D eigenvalue weighted by molar-refractivity contribution is 5.64. The first-order chi connectivity index (χ1) is 15.5. The number of nitrogens with zero attached hydrogens (tertiary/aromatic N) is 5. The fourth-order valence-electron chi connectivity index (χ4n) is 5.89. The smallest absolute Gasteiger partial charge is 0.387 e. The average molecular weight is 445 g/mol. The van der Waals surface area contributed by atoms with Crippen LogP contribution in [0.2, 0.25) is 0 Å². The Morgan fingerprint density at radius 2 is 1.84 bits per heavy atom. The largest absolute Gasteiger partial charge is 0.431 e. The molecule has 0 spiro atoms. The molecule has 2 aromatic rings. The molecule has 3 heterocycles. The van der Waals surface area contributed by atoms with Crippen LogP contribution in [0, 0.1) is 11.8 Å². The second-order valence-electron chi connectivity index (χ2n) is 9.93. The quantitative estimate of drug-likeness (QED) is 0.738. The average Bonchev–Trinajstić information content (AvgIpc) is 3.64. The second kappa shape index (κ2) is 7.66. The van der Waals surface area contributed by atoms with Gasteiger partial charge in [0.25, 0.3) is 0 Å². The second-order valence-corrected chi connectivity index (χ2v) is 9.93. The number of fused-ring (bicyclic) bond motifs is 1. The van der Waals surface area contributed by atoms with E-state index in [1.807, 2.05) is 0 Å². The molecule has 7 nitrogen and oxygen atoms in total. The first kappa shape index (κ1) is 20.4. The van der Waals surface area contributed by atoms with E-state index in [0.717, 1.165) is 29.4 Å². The summed E-state index contributed by atoms with van der Waals surface area (Å²) < 4.78 is 32.4. The van der Waals surface area contributed by atoms with Crippen LogP contribution in [-0.4, -0.2) is 70.2 Å². The number of piperazine rings is 1. The summed E-state index contributed by atoms with van der Waals surface area (Å²) in [5.41, 5.74) is 7.14. The molecule has 1 saturated heterocycles. The van der Waals surface area contributed by atoms with Crippen molar-refractivity contribution < 1.29 is 13.5 Å². The van der Waals surface area contributed by atoms with E-state index in [1.54, 1.807) is 6.20 Å². The van der Waals surface area contributed by atoms with Crippen molar-refractivity contribution in [3.05, 3.63) is 24.3 Å². The molecule has 32 heavy (non-hydrogen) atoms. The molecule has 3 aliphatic carbocycles. The van der Waals surface area contributed by atoms with Gasteiger partial charge in [-0.1, -0.05) is 0 Å². The predicted octanol–water partition coefficient (Wildman–Crippen LogP) is 3.20. The van der Waals surface area contributed by atoms with Crippen LogP contribution < -0.4 is 10.5 Å². The van der Waals surface area contributed by atoms with Gasteiger partial charge in [0.15, 0.2) is 11.6 Å². The standard InChI is InChI=1S/C23H30F2N6O/c1-29-4-6-30(7-5-29)15-9-16-17(10-15)20(16)31-12-18(28-22(31)13-2-3-13)14-8-19(32-23(24)25)21(26)27-11-14/h8,11-13,15-17,20,23H,2-7,9-10H2,1H3,(H2,26,27). The zero-order valence-corrected chi connectivity index (χ0v) is 18.3. The van der Waals surface area contributed by atoms with Crippen LogP contribution in [0.4, 0.5) is 14.6 Å². The number of likely N-dealkylation sites (N-methyl/N-ethyl adjacent to an activating group) is 1. The summed E-state index contributed by atoms with van der Waals surface area (Å²) in [5, 5.41) is 0. The highest BCUT2D eigenvalue weighted by Gasteiger charge is 2.58. The van der Waals surface area contributed by atoms with Gasteiger partial charge in [0, 0.05) is 62.1 Å². The maximum absolute atomic E-state index is 12.7. The minimum atomic E-state index is -2.94. The summed E-state index contributed by atoms with van der Waals surface area (Å²) in [6, 6.07) is 2.77. The Balaban J connectivity index is 1.21. The van der Waals surface area contributed by atoms with Gasteiger partial charge in [0.05, 0.1) is 5.69 Å². The Morgan fingerprint density at radius 1 is 1.12 bits per heavy atom. The molecule has 4 aliphatic rings. The maximum Gasteiger partial charge on any atom is 0.387 e. The van der Waals surface area contributed by atoms with Gasteiger partial charge in [-0.3, -0.25) is 4.90 Å². The molecule has 9 heteroatoms. The van der Waals surface area contributed by atoms with E-state index in [2.05, 4.69) is 37.3 Å². The van der Waals surface area contributed by atoms with E-state index in [-0.39, 0.29) is 11.6 Å². The van der Waals surface area contributed by atoms with Gasteiger partial charge in [-0.2, -0.15) is 8.78 Å². The summed E-state index contributed by atoms with van der Waals surface area (Å²) in [6.45, 7) is 1.76. The van der Waals surface area contributed by atoms with Crippen molar-refractivity contribution in [1.82, 2.24) is 24.3 Å². The fraction of sp³-hybridized carbons (Fsp3) is 0.652. The SMILES string of the molecule is CN1CCN(C2CC3C(C2)C3n2cc(-c3cnc(N)c(OC(F)F)c3)nc2C2CC2)CC1. The summed E-state index contributed by atoms with van der Waals surface area (Å²) in [5.74, 6) is 2.96. The van der Waals surface area contributed by atoms with E-state index >= 15 is 0 Å². The van der Waals surface area contributed by atoms with Gasteiger partial charge in [-0.05, 0) is 50.6 Å². The fourth-order valence-corrected chi connectivity index (χ4v) is 5.89. The summed E-state index contributed by atoms with van der Waals surface area (Å²) in [6.07, 6.45) is 8.57. The third-order valence-corrected chi connectivity index (χ3v) is 7.85. The summed E-state index contributed by atoms with van der Waals surface area (Å²) >= 11 is 0. The van der Waals surface area contributed by atoms with Crippen LogP contribution in [0.1, 0.15) is 43.5 Å². The lowest BCUT2D eigenvalue weighted by Gasteiger charge is -2.37. The van der Waals surface area contributed by atoms with E-state index in [9.17, 15) is 8.78 Å². The highest BCUT2D eigenvalue weighted by atomic mass is 19.3. The minimum absolute atomic E-state index is 0.0393. The van der Waals surface area contributed by atoms with Crippen molar-refractivity contribution in [2.75, 3.05) is 39.0 Å². The van der Waals surface area contributed by atoms with E-state index in [1.165, 1.54) is 57.9 Å². The molecule has 0 bridgehead atoms. The number of nitrogen functional groups attached to an aromatic ring is 1. The van der Waals surface area contributed by atoms with Gasteiger partial charge in [0.2, 0.25) is 0 Å². The van der Waals surface area contributed by atoms with Gasteiger partial charge in [-0.25, -0.2) is 9.97 Å². The number of hydrogen-bond acceptors (Lipinski definition) is 6. The van der Waals surface area contributed by atoms with Crippen molar-refractivity contribution in [3.63, 3.8) is 0 Å². The molecule has 0 amide bonds. The molecule has 4 fully saturated rings. The van der Waals surface area contributed by atoms with E-state index in [0.29, 0.717) is 17.5 Å². The molecule has 172 valence electrons. The Kier molecular flexibility index (Phi) is 4.87. The molecule has 3 saturated carbocycles. The number of rotatable bonds is 6. The molecule has 1 aliphatic heterocycles. The van der Waals surface area contributed by atoms with E-state index < -0.39 is 6.61 Å². The predicted molar refractivity (Wildman–Crippen MR) is 117 cm³/mol. The zero-order valence-electron chi connectivity index (χ0n) is 18.3. The number of nitrogens with two attached hydrogens (primary N) is 1. The van der Waals surface area contributed by atoms with Crippen LogP contribution in [0.5, 0.6) is 5.75 Å². The van der Waals surface area contributed by atoms with Crippen LogP contribution in [0.15, 0.2) is 18.5 Å². The molecule has 2 aromatic heterocycles. The van der Waals surface area contributed by atoms with Crippen molar-refractivity contribution in [3.8, 4) is 17.0 Å². The molecule has 2 atom stereocenters. The van der Waals surface area contributed by atoms with Crippen molar-refractivity contribution in [2.24, 2.45) is 11.8 Å². The van der Waals surface area contributed by atoms with Crippen LogP contribution >= 0.6 is 0 Å². The number of ether oxygens (including phenoxy) is 1. The molecule has 0 radical (unpaired) electrons. The number of imidazole rings is 1. The summed E-state index contributed by atoms with van der Waals surface area (Å²) in [4.78, 5) is 14.1. The summed E-state index contributed by atoms with van der Waals surface area (Å²) in [7, 11) is 2.20. The number of hydrogen-bond donors (Lipinski definition) is 1. The van der Waals surface area contributed by atoms with Gasteiger partial charge in [0.1, 0.15) is 5.82 Å². The normalized spacial score (nSPS) is 30.6. The van der Waals surface area contributed by atoms with Crippen LogP contribution in [0.3, 0.4) is 0 Å². The maximum atomic E-state index is 12.7. The molecule has 2 N–H and O–H groups in total. The number of aromatic nitrogens is 3. The molecular weight excluding hydrogens is 414 g/mol. The Morgan fingerprint density at radius 3 is 2.50 bits per heavy atom. The Bertz CT molecular complexity index is 988. The van der Waals surface area contributed by atoms with Gasteiger partial charge >= 0.3 is 6.61 Å². The first-order valence-corrected chi connectivity index (χ1v) is 11.7. The Labute approximate surface area is 186 Å². The topological polar surface area (TPSA) is 72.4 Å². The third kappa shape index (κ3) is 3.65. The van der Waals surface area contributed by atoms with Crippen molar-refractivity contribution in [2.45, 2.75) is 50.3 Å². The minimum Gasteiger partial charge on any atom is -0.431 e. The lowest BCUT2D eigenvalue weighted by atomic mass is 10.1. The molecule has 6 rings (SSSR count). The Hall–Kier alpha value is -2.26. The van der Waals surface area contributed by atoms with Gasteiger partial charge < -0.3 is 19.9 Å². The molecular formula is C23H30F2N6O. The highest BCUT2D eigenvalue weighted by Crippen LogP contribution is 2.62. The van der Waals surface area contributed by atoms with E-state index in [4.69, 9.17) is 10.7 Å². The lowest BCUT2D eigenvalue weighted by molar-refractivity contribution is -0.0494.